The van der Waals surface area contributed by atoms with Crippen LogP contribution in [0, 0.1) is 11.8 Å². The van der Waals surface area contributed by atoms with Crippen LogP contribution in [0.3, 0.4) is 0 Å². The fourth-order valence-electron chi connectivity index (χ4n) is 4.25. The molecule has 0 aromatic heterocycles. The van der Waals surface area contributed by atoms with Gasteiger partial charge in [0.05, 0.1) is 5.60 Å². The zero-order chi connectivity index (χ0) is 13.0. The minimum absolute atomic E-state index is 0.196. The lowest BCUT2D eigenvalue weighted by molar-refractivity contribution is -0.0518. The van der Waals surface area contributed by atoms with E-state index >= 15 is 0 Å². The summed E-state index contributed by atoms with van der Waals surface area (Å²) < 4.78 is 12.1. The van der Waals surface area contributed by atoms with Gasteiger partial charge in [0.15, 0.2) is 0 Å². The Morgan fingerprint density at radius 3 is 2.68 bits per heavy atom. The number of nitrogens with one attached hydrogen (secondary N) is 1. The highest BCUT2D eigenvalue weighted by Gasteiger charge is 2.44. The average molecular weight is 267 g/mol. The molecule has 3 fully saturated rings. The third-order valence-corrected chi connectivity index (χ3v) is 5.49. The number of piperidine rings is 1. The molecular weight excluding hydrogens is 238 g/mol. The second kappa shape index (κ2) is 6.55. The van der Waals surface area contributed by atoms with Gasteiger partial charge in [-0.1, -0.05) is 12.8 Å². The van der Waals surface area contributed by atoms with E-state index in [9.17, 15) is 0 Å². The van der Waals surface area contributed by atoms with Crippen molar-refractivity contribution in [2.75, 3.05) is 32.9 Å². The molecular formula is C16H29NO2. The standard InChI is InChI=1S/C16H29NO2/c1-2-4-14(3-1)13-18-11-5-15-6-12-19-16(15)7-9-17-10-8-16/h14-15,17H,1-13H2/t15-/m0/s1. The van der Waals surface area contributed by atoms with Gasteiger partial charge in [-0.25, -0.2) is 0 Å². The fraction of sp³-hybridized carbons (Fsp3) is 1.00. The van der Waals surface area contributed by atoms with Gasteiger partial charge in [-0.15, -0.1) is 0 Å². The quantitative estimate of drug-likeness (QED) is 0.777. The van der Waals surface area contributed by atoms with Crippen LogP contribution in [0.2, 0.25) is 0 Å². The average Bonchev–Trinajstić information content (AvgIpc) is 3.07. The van der Waals surface area contributed by atoms with Crippen molar-refractivity contribution in [3.63, 3.8) is 0 Å². The molecule has 3 nitrogen and oxygen atoms in total. The maximum absolute atomic E-state index is 6.13. The van der Waals surface area contributed by atoms with Gasteiger partial charge >= 0.3 is 0 Å². The van der Waals surface area contributed by atoms with Gasteiger partial charge in [-0.3, -0.25) is 0 Å². The van der Waals surface area contributed by atoms with Crippen molar-refractivity contribution in [3.05, 3.63) is 0 Å². The lowest BCUT2D eigenvalue weighted by Crippen LogP contribution is -2.46. The van der Waals surface area contributed by atoms with E-state index in [0.29, 0.717) is 0 Å². The highest BCUT2D eigenvalue weighted by Crippen LogP contribution is 2.41. The minimum atomic E-state index is 0.196. The molecule has 1 aliphatic carbocycles. The Hall–Kier alpha value is -0.120. The van der Waals surface area contributed by atoms with Crippen LogP contribution in [0.15, 0.2) is 0 Å². The highest BCUT2D eigenvalue weighted by molar-refractivity contribution is 4.95. The van der Waals surface area contributed by atoms with Gasteiger partial charge in [-0.05, 0) is 63.5 Å². The van der Waals surface area contributed by atoms with Gasteiger partial charge in [-0.2, -0.15) is 0 Å². The molecule has 2 aliphatic heterocycles. The Balaban J connectivity index is 1.38. The molecule has 0 unspecified atom stereocenters. The molecule has 19 heavy (non-hydrogen) atoms. The van der Waals surface area contributed by atoms with E-state index in [0.717, 1.165) is 44.7 Å². The van der Waals surface area contributed by atoms with Crippen LogP contribution in [0.4, 0.5) is 0 Å². The van der Waals surface area contributed by atoms with E-state index in [1.54, 1.807) is 0 Å². The Morgan fingerprint density at radius 2 is 1.89 bits per heavy atom. The Labute approximate surface area is 117 Å². The van der Waals surface area contributed by atoms with Gasteiger partial charge in [0.25, 0.3) is 0 Å². The first kappa shape index (κ1) is 13.8. The largest absolute Gasteiger partial charge is 0.381 e. The van der Waals surface area contributed by atoms with Crippen molar-refractivity contribution in [1.82, 2.24) is 5.32 Å². The van der Waals surface area contributed by atoms with Crippen molar-refractivity contribution in [3.8, 4) is 0 Å². The summed E-state index contributed by atoms with van der Waals surface area (Å²) in [6.07, 6.45) is 10.4. The summed E-state index contributed by atoms with van der Waals surface area (Å²) in [5.41, 5.74) is 0.196. The third-order valence-electron chi connectivity index (χ3n) is 5.49. The molecule has 3 heteroatoms. The molecule has 1 spiro atoms. The zero-order valence-electron chi connectivity index (χ0n) is 12.2. The molecule has 1 N–H and O–H groups in total. The molecule has 2 saturated heterocycles. The molecule has 2 heterocycles. The van der Waals surface area contributed by atoms with Gasteiger partial charge in [0, 0.05) is 19.8 Å². The summed E-state index contributed by atoms with van der Waals surface area (Å²) in [5, 5.41) is 3.45. The molecule has 0 radical (unpaired) electrons. The van der Waals surface area contributed by atoms with Crippen LogP contribution >= 0.6 is 0 Å². The summed E-state index contributed by atoms with van der Waals surface area (Å²) in [4.78, 5) is 0. The van der Waals surface area contributed by atoms with E-state index in [4.69, 9.17) is 9.47 Å². The van der Waals surface area contributed by atoms with E-state index in [1.165, 1.54) is 51.4 Å². The molecule has 0 bridgehead atoms. The van der Waals surface area contributed by atoms with Gasteiger partial charge in [0.1, 0.15) is 0 Å². The molecule has 1 saturated carbocycles. The van der Waals surface area contributed by atoms with Crippen LogP contribution < -0.4 is 5.32 Å². The SMILES string of the molecule is C1CCC(COCC[C@H]2CCOC23CCNCC3)C1. The Kier molecular flexibility index (Phi) is 4.78. The molecule has 0 amide bonds. The Bertz CT molecular complexity index is 270. The number of ether oxygens (including phenoxy) is 2. The smallest absolute Gasteiger partial charge is 0.0736 e. The molecule has 3 aliphatic rings. The summed E-state index contributed by atoms with van der Waals surface area (Å²) >= 11 is 0. The first-order valence-electron chi connectivity index (χ1n) is 8.31. The van der Waals surface area contributed by atoms with Crippen molar-refractivity contribution in [1.29, 1.82) is 0 Å². The van der Waals surface area contributed by atoms with Crippen LogP contribution in [-0.4, -0.2) is 38.5 Å². The van der Waals surface area contributed by atoms with Crippen LogP contribution in [0.25, 0.3) is 0 Å². The van der Waals surface area contributed by atoms with E-state index in [1.807, 2.05) is 0 Å². The van der Waals surface area contributed by atoms with Gasteiger partial charge < -0.3 is 14.8 Å². The number of hydrogen-bond acceptors (Lipinski definition) is 3. The maximum atomic E-state index is 6.13. The van der Waals surface area contributed by atoms with E-state index in [2.05, 4.69) is 5.32 Å². The minimum Gasteiger partial charge on any atom is -0.381 e. The topological polar surface area (TPSA) is 30.5 Å². The summed E-state index contributed by atoms with van der Waals surface area (Å²) in [7, 11) is 0. The van der Waals surface area contributed by atoms with Crippen molar-refractivity contribution >= 4 is 0 Å². The molecule has 0 aromatic carbocycles. The van der Waals surface area contributed by atoms with Gasteiger partial charge in [0.2, 0.25) is 0 Å². The highest BCUT2D eigenvalue weighted by atomic mass is 16.5. The summed E-state index contributed by atoms with van der Waals surface area (Å²) in [5.74, 6) is 1.59. The molecule has 3 rings (SSSR count). The van der Waals surface area contributed by atoms with Crippen LogP contribution in [0.1, 0.15) is 51.4 Å². The maximum Gasteiger partial charge on any atom is 0.0736 e. The number of rotatable bonds is 5. The lowest BCUT2D eigenvalue weighted by Gasteiger charge is -2.38. The molecule has 1 atom stereocenters. The van der Waals surface area contributed by atoms with Crippen molar-refractivity contribution in [2.24, 2.45) is 11.8 Å². The predicted octanol–water partition coefficient (Wildman–Crippen LogP) is 2.74. The monoisotopic (exact) mass is 267 g/mol. The van der Waals surface area contributed by atoms with E-state index < -0.39 is 0 Å². The third kappa shape index (κ3) is 3.32. The Morgan fingerprint density at radius 1 is 1.11 bits per heavy atom. The molecule has 0 aromatic rings. The van der Waals surface area contributed by atoms with Crippen molar-refractivity contribution in [2.45, 2.75) is 57.0 Å². The van der Waals surface area contributed by atoms with Crippen molar-refractivity contribution < 1.29 is 9.47 Å². The second-order valence-corrected chi connectivity index (χ2v) is 6.66. The lowest BCUT2D eigenvalue weighted by atomic mass is 9.78. The first-order chi connectivity index (χ1) is 9.39. The normalized spacial score (nSPS) is 31.3. The summed E-state index contributed by atoms with van der Waals surface area (Å²) in [6.45, 7) is 5.16. The van der Waals surface area contributed by atoms with Crippen LogP contribution in [-0.2, 0) is 9.47 Å². The zero-order valence-corrected chi connectivity index (χ0v) is 12.2. The fourth-order valence-corrected chi connectivity index (χ4v) is 4.25. The predicted molar refractivity (Wildman–Crippen MR) is 76.3 cm³/mol. The first-order valence-corrected chi connectivity index (χ1v) is 8.31. The second-order valence-electron chi connectivity index (χ2n) is 6.66. The number of hydrogen-bond donors (Lipinski definition) is 1. The van der Waals surface area contributed by atoms with Crippen LogP contribution in [0.5, 0.6) is 0 Å². The summed E-state index contributed by atoms with van der Waals surface area (Å²) in [6, 6.07) is 0. The molecule has 110 valence electrons. The van der Waals surface area contributed by atoms with E-state index in [-0.39, 0.29) is 5.60 Å².